The molecule has 0 radical (unpaired) electrons. The van der Waals surface area contributed by atoms with Gasteiger partial charge in [-0.05, 0) is 49.4 Å². The molecule has 132 valence electrons. The number of halogens is 1. The van der Waals surface area contributed by atoms with Gasteiger partial charge in [-0.3, -0.25) is 4.98 Å². The van der Waals surface area contributed by atoms with Crippen LogP contribution in [0.2, 0.25) is 5.02 Å². The van der Waals surface area contributed by atoms with Crippen molar-refractivity contribution in [2.45, 2.75) is 33.0 Å². The number of aliphatic hydroxyl groups excluding tert-OH is 1. The molecule has 3 aromatic rings. The summed E-state index contributed by atoms with van der Waals surface area (Å²) in [6.45, 7) is 2.43. The first-order valence-corrected chi connectivity index (χ1v) is 8.58. The molecule has 0 spiro atoms. The highest BCUT2D eigenvalue weighted by molar-refractivity contribution is 6.31. The Morgan fingerprint density at radius 3 is 2.88 bits per heavy atom. The summed E-state index contributed by atoms with van der Waals surface area (Å²) in [5, 5.41) is 12.6. The predicted octanol–water partition coefficient (Wildman–Crippen LogP) is 4.05. The molecule has 3 heterocycles. The molecule has 0 fully saturated rings. The van der Waals surface area contributed by atoms with E-state index in [0.29, 0.717) is 12.2 Å². The van der Waals surface area contributed by atoms with E-state index in [9.17, 15) is 5.11 Å². The van der Waals surface area contributed by atoms with Crippen molar-refractivity contribution in [1.82, 2.24) is 14.5 Å². The lowest BCUT2D eigenvalue weighted by molar-refractivity contribution is 0.150. The van der Waals surface area contributed by atoms with E-state index in [1.54, 1.807) is 6.20 Å². The molecule has 1 N–H and O–H groups in total. The standard InChI is InChI=1S/C19H20ClN3O.CH4/c1-22-9-7-14-15-10-13(20)5-6-17(15)23(18(14)11-22)12-19(24)16-4-2-3-8-21-16;/h2-6,8,10,19,24H,7,9,11-12H2,1H3;1H4. The monoisotopic (exact) mass is 357 g/mol. The van der Waals surface area contributed by atoms with Crippen molar-refractivity contribution in [2.24, 2.45) is 0 Å². The van der Waals surface area contributed by atoms with Crippen molar-refractivity contribution in [2.75, 3.05) is 13.6 Å². The minimum absolute atomic E-state index is 0. The highest BCUT2D eigenvalue weighted by Crippen LogP contribution is 2.33. The van der Waals surface area contributed by atoms with Crippen LogP contribution in [0, 0.1) is 0 Å². The van der Waals surface area contributed by atoms with Crippen molar-refractivity contribution in [1.29, 1.82) is 0 Å². The Morgan fingerprint density at radius 1 is 1.28 bits per heavy atom. The van der Waals surface area contributed by atoms with Crippen LogP contribution >= 0.6 is 11.6 Å². The SMILES string of the molecule is C.CN1CCc2c(n(CC(O)c3ccccn3)c3ccc(Cl)cc23)C1. The van der Waals surface area contributed by atoms with Gasteiger partial charge in [0, 0.05) is 40.9 Å². The van der Waals surface area contributed by atoms with Crippen LogP contribution in [-0.2, 0) is 19.5 Å². The summed E-state index contributed by atoms with van der Waals surface area (Å²) in [6, 6.07) is 11.7. The Bertz CT molecular complexity index is 876. The van der Waals surface area contributed by atoms with Gasteiger partial charge in [0.15, 0.2) is 0 Å². The second-order valence-corrected chi connectivity index (χ2v) is 6.89. The maximum atomic E-state index is 10.7. The quantitative estimate of drug-likeness (QED) is 0.768. The van der Waals surface area contributed by atoms with Gasteiger partial charge < -0.3 is 14.6 Å². The first-order valence-electron chi connectivity index (χ1n) is 8.20. The number of hydrogen-bond acceptors (Lipinski definition) is 3. The lowest BCUT2D eigenvalue weighted by Gasteiger charge is -2.25. The zero-order chi connectivity index (χ0) is 16.7. The van der Waals surface area contributed by atoms with Crippen molar-refractivity contribution < 1.29 is 5.11 Å². The normalized spacial score (nSPS) is 15.6. The Labute approximate surface area is 153 Å². The van der Waals surface area contributed by atoms with Crippen LogP contribution in [0.5, 0.6) is 0 Å². The number of hydrogen-bond donors (Lipinski definition) is 1. The largest absolute Gasteiger partial charge is 0.385 e. The van der Waals surface area contributed by atoms with E-state index < -0.39 is 6.10 Å². The van der Waals surface area contributed by atoms with E-state index >= 15 is 0 Å². The van der Waals surface area contributed by atoms with Gasteiger partial charge in [-0.25, -0.2) is 0 Å². The predicted molar refractivity (Wildman–Crippen MR) is 103 cm³/mol. The van der Waals surface area contributed by atoms with Gasteiger partial charge in [-0.15, -0.1) is 0 Å². The van der Waals surface area contributed by atoms with E-state index in [1.165, 1.54) is 16.6 Å². The van der Waals surface area contributed by atoms with Gasteiger partial charge in [0.1, 0.15) is 6.10 Å². The summed E-state index contributed by atoms with van der Waals surface area (Å²) in [6.07, 6.45) is 2.10. The Balaban J connectivity index is 0.00000182. The molecule has 1 aliphatic rings. The molecule has 1 aromatic carbocycles. The smallest absolute Gasteiger partial charge is 0.114 e. The third kappa shape index (κ3) is 3.30. The molecule has 0 amide bonds. The highest BCUT2D eigenvalue weighted by Gasteiger charge is 2.24. The molecule has 1 atom stereocenters. The molecule has 4 rings (SSSR count). The summed E-state index contributed by atoms with van der Waals surface area (Å²) in [4.78, 5) is 6.60. The van der Waals surface area contributed by atoms with Gasteiger partial charge in [-0.1, -0.05) is 25.1 Å². The number of pyridine rings is 1. The Kier molecular flexibility index (Phi) is 5.13. The van der Waals surface area contributed by atoms with E-state index in [4.69, 9.17) is 11.6 Å². The first kappa shape index (κ1) is 17.9. The first-order chi connectivity index (χ1) is 11.6. The van der Waals surface area contributed by atoms with E-state index in [0.717, 1.165) is 30.0 Å². The van der Waals surface area contributed by atoms with Crippen LogP contribution in [0.4, 0.5) is 0 Å². The molecule has 0 aliphatic carbocycles. The van der Waals surface area contributed by atoms with Crippen LogP contribution in [0.25, 0.3) is 10.9 Å². The summed E-state index contributed by atoms with van der Waals surface area (Å²) in [7, 11) is 2.13. The summed E-state index contributed by atoms with van der Waals surface area (Å²) >= 11 is 6.22. The number of aliphatic hydroxyl groups is 1. The van der Waals surface area contributed by atoms with Gasteiger partial charge in [0.2, 0.25) is 0 Å². The fourth-order valence-electron chi connectivity index (χ4n) is 3.59. The number of fused-ring (bicyclic) bond motifs is 3. The van der Waals surface area contributed by atoms with E-state index in [2.05, 4.69) is 27.6 Å². The van der Waals surface area contributed by atoms with E-state index in [1.807, 2.05) is 30.3 Å². The van der Waals surface area contributed by atoms with Gasteiger partial charge in [-0.2, -0.15) is 0 Å². The lowest BCUT2D eigenvalue weighted by Crippen LogP contribution is -2.28. The molecule has 5 heteroatoms. The van der Waals surface area contributed by atoms with Crippen LogP contribution in [0.3, 0.4) is 0 Å². The fourth-order valence-corrected chi connectivity index (χ4v) is 3.77. The lowest BCUT2D eigenvalue weighted by atomic mass is 10.0. The molecular formula is C20H24ClN3O. The fraction of sp³-hybridized carbons (Fsp3) is 0.350. The number of likely N-dealkylation sites (N-methyl/N-ethyl adjacent to an activating group) is 1. The zero-order valence-electron chi connectivity index (χ0n) is 13.6. The average molecular weight is 358 g/mol. The minimum Gasteiger partial charge on any atom is -0.385 e. The van der Waals surface area contributed by atoms with Crippen molar-refractivity contribution in [3.63, 3.8) is 0 Å². The van der Waals surface area contributed by atoms with Crippen LogP contribution in [0.1, 0.15) is 30.5 Å². The average Bonchev–Trinajstić information content (AvgIpc) is 2.88. The third-order valence-electron chi connectivity index (χ3n) is 4.80. The zero-order valence-corrected chi connectivity index (χ0v) is 14.4. The van der Waals surface area contributed by atoms with Crippen LogP contribution in [0.15, 0.2) is 42.6 Å². The maximum absolute atomic E-state index is 10.7. The molecule has 2 aromatic heterocycles. The second-order valence-electron chi connectivity index (χ2n) is 6.46. The minimum atomic E-state index is -0.631. The topological polar surface area (TPSA) is 41.3 Å². The molecular weight excluding hydrogens is 334 g/mol. The van der Waals surface area contributed by atoms with Gasteiger partial charge in [0.25, 0.3) is 0 Å². The van der Waals surface area contributed by atoms with Gasteiger partial charge in [0.05, 0.1) is 12.2 Å². The summed E-state index contributed by atoms with van der Waals surface area (Å²) < 4.78 is 2.23. The number of nitrogens with zero attached hydrogens (tertiary/aromatic N) is 3. The highest BCUT2D eigenvalue weighted by atomic mass is 35.5. The van der Waals surface area contributed by atoms with E-state index in [-0.39, 0.29) is 7.43 Å². The van der Waals surface area contributed by atoms with Crippen LogP contribution in [-0.4, -0.2) is 33.1 Å². The maximum Gasteiger partial charge on any atom is 0.114 e. The number of benzene rings is 1. The molecule has 0 saturated carbocycles. The summed E-state index contributed by atoms with van der Waals surface area (Å²) in [5.41, 5.74) is 4.47. The Morgan fingerprint density at radius 2 is 2.12 bits per heavy atom. The van der Waals surface area contributed by atoms with Crippen molar-refractivity contribution >= 4 is 22.5 Å². The van der Waals surface area contributed by atoms with Crippen LogP contribution < -0.4 is 0 Å². The number of aromatic nitrogens is 2. The number of rotatable bonds is 3. The molecule has 1 aliphatic heterocycles. The Hall–Kier alpha value is -1.88. The molecule has 0 saturated heterocycles. The van der Waals surface area contributed by atoms with Gasteiger partial charge >= 0.3 is 0 Å². The molecule has 0 bridgehead atoms. The molecule has 4 nitrogen and oxygen atoms in total. The van der Waals surface area contributed by atoms with Crippen molar-refractivity contribution in [3.05, 3.63) is 64.6 Å². The molecule has 25 heavy (non-hydrogen) atoms. The third-order valence-corrected chi connectivity index (χ3v) is 5.03. The van der Waals surface area contributed by atoms with Crippen molar-refractivity contribution in [3.8, 4) is 0 Å². The molecule has 1 unspecified atom stereocenters. The second kappa shape index (κ2) is 7.16. The summed E-state index contributed by atoms with van der Waals surface area (Å²) in [5.74, 6) is 0.